The van der Waals surface area contributed by atoms with Crippen molar-refractivity contribution in [2.45, 2.75) is 38.3 Å². The Morgan fingerprint density at radius 3 is 2.71 bits per heavy atom. The average Bonchev–Trinajstić information content (AvgIpc) is 2.96. The molecule has 6 heteroatoms. The molecule has 1 amide bonds. The van der Waals surface area contributed by atoms with Gasteiger partial charge in [-0.3, -0.25) is 9.79 Å². The molecular formula is C15H23IN4O. The third-order valence-electron chi connectivity index (χ3n) is 3.59. The van der Waals surface area contributed by atoms with Crippen LogP contribution in [0.4, 0.5) is 0 Å². The average molecular weight is 402 g/mol. The molecule has 2 rings (SSSR count). The molecule has 116 valence electrons. The van der Waals surface area contributed by atoms with Crippen LogP contribution in [-0.2, 0) is 6.54 Å². The molecule has 1 aliphatic carbocycles. The quantitative estimate of drug-likeness (QED) is 0.410. The number of carbonyl (C=O) groups is 1. The highest BCUT2D eigenvalue weighted by Gasteiger charge is 2.15. The summed E-state index contributed by atoms with van der Waals surface area (Å²) in [6.07, 6.45) is 4.99. The second-order valence-electron chi connectivity index (χ2n) is 5.12. The first-order valence-electron chi connectivity index (χ1n) is 7.05. The lowest BCUT2D eigenvalue weighted by molar-refractivity contribution is 0.1000. The molecule has 0 bridgehead atoms. The highest BCUT2D eigenvalue weighted by atomic mass is 127. The van der Waals surface area contributed by atoms with Gasteiger partial charge in [-0.05, 0) is 30.5 Å². The van der Waals surface area contributed by atoms with Crippen molar-refractivity contribution >= 4 is 35.8 Å². The summed E-state index contributed by atoms with van der Waals surface area (Å²) in [6, 6.07) is 7.85. The highest BCUT2D eigenvalue weighted by Crippen LogP contribution is 2.17. The zero-order valence-electron chi connectivity index (χ0n) is 12.3. The van der Waals surface area contributed by atoms with E-state index in [1.54, 1.807) is 19.2 Å². The van der Waals surface area contributed by atoms with Gasteiger partial charge in [0.05, 0.1) is 0 Å². The number of guanidine groups is 1. The zero-order valence-corrected chi connectivity index (χ0v) is 14.6. The number of hydrogen-bond donors (Lipinski definition) is 3. The minimum atomic E-state index is -0.402. The van der Waals surface area contributed by atoms with Crippen molar-refractivity contribution in [3.05, 3.63) is 35.4 Å². The number of benzene rings is 1. The number of aliphatic imine (C=N–C) groups is 1. The van der Waals surface area contributed by atoms with Gasteiger partial charge in [0.25, 0.3) is 0 Å². The Kier molecular flexibility index (Phi) is 7.49. The van der Waals surface area contributed by atoms with E-state index in [0.29, 0.717) is 18.2 Å². The van der Waals surface area contributed by atoms with E-state index in [1.807, 2.05) is 12.1 Å². The maximum atomic E-state index is 11.1. The minimum Gasteiger partial charge on any atom is -0.366 e. The van der Waals surface area contributed by atoms with Crippen molar-refractivity contribution in [1.29, 1.82) is 0 Å². The maximum Gasteiger partial charge on any atom is 0.248 e. The van der Waals surface area contributed by atoms with E-state index in [0.717, 1.165) is 11.5 Å². The molecule has 0 radical (unpaired) electrons. The van der Waals surface area contributed by atoms with E-state index in [-0.39, 0.29) is 24.0 Å². The summed E-state index contributed by atoms with van der Waals surface area (Å²) in [5.41, 5.74) is 6.82. The van der Waals surface area contributed by atoms with Gasteiger partial charge in [-0.2, -0.15) is 0 Å². The molecule has 1 saturated carbocycles. The van der Waals surface area contributed by atoms with Crippen molar-refractivity contribution in [3.8, 4) is 0 Å². The van der Waals surface area contributed by atoms with E-state index >= 15 is 0 Å². The molecule has 1 aromatic rings. The zero-order chi connectivity index (χ0) is 14.4. The predicted molar refractivity (Wildman–Crippen MR) is 96.0 cm³/mol. The predicted octanol–water partition coefficient (Wildman–Crippen LogP) is 2.01. The van der Waals surface area contributed by atoms with E-state index in [1.165, 1.54) is 25.7 Å². The van der Waals surface area contributed by atoms with Crippen molar-refractivity contribution in [1.82, 2.24) is 10.6 Å². The molecule has 0 heterocycles. The largest absolute Gasteiger partial charge is 0.366 e. The minimum absolute atomic E-state index is 0. The van der Waals surface area contributed by atoms with Gasteiger partial charge in [-0.25, -0.2) is 0 Å². The highest BCUT2D eigenvalue weighted by molar-refractivity contribution is 14.0. The topological polar surface area (TPSA) is 79.5 Å². The van der Waals surface area contributed by atoms with Gasteiger partial charge in [0, 0.05) is 25.2 Å². The number of rotatable bonds is 4. The number of amides is 1. The molecule has 0 spiro atoms. The number of nitrogens with zero attached hydrogens (tertiary/aromatic N) is 1. The van der Waals surface area contributed by atoms with Crippen LogP contribution in [0.15, 0.2) is 29.3 Å². The van der Waals surface area contributed by atoms with Gasteiger partial charge in [-0.15, -0.1) is 24.0 Å². The van der Waals surface area contributed by atoms with Crippen LogP contribution < -0.4 is 16.4 Å². The van der Waals surface area contributed by atoms with Crippen LogP contribution in [-0.4, -0.2) is 25.0 Å². The van der Waals surface area contributed by atoms with E-state index in [4.69, 9.17) is 5.73 Å². The van der Waals surface area contributed by atoms with Crippen molar-refractivity contribution in [2.24, 2.45) is 10.7 Å². The molecule has 1 aromatic carbocycles. The summed E-state index contributed by atoms with van der Waals surface area (Å²) in [5, 5.41) is 6.69. The number of primary amides is 1. The SMILES string of the molecule is CN=C(NCc1cccc(C(N)=O)c1)NC1CCCC1.I. The number of nitrogens with two attached hydrogens (primary N) is 1. The van der Waals surface area contributed by atoms with Crippen LogP contribution in [0.2, 0.25) is 0 Å². The Labute approximate surface area is 142 Å². The van der Waals surface area contributed by atoms with Gasteiger partial charge < -0.3 is 16.4 Å². The van der Waals surface area contributed by atoms with E-state index in [9.17, 15) is 4.79 Å². The van der Waals surface area contributed by atoms with Gasteiger partial charge in [0.1, 0.15) is 0 Å². The number of halogens is 1. The summed E-state index contributed by atoms with van der Waals surface area (Å²) in [5.74, 6) is 0.404. The lowest BCUT2D eigenvalue weighted by Gasteiger charge is -2.17. The first-order valence-corrected chi connectivity index (χ1v) is 7.05. The van der Waals surface area contributed by atoms with E-state index < -0.39 is 5.91 Å². The van der Waals surface area contributed by atoms with Gasteiger partial charge in [0.2, 0.25) is 5.91 Å². The van der Waals surface area contributed by atoms with Crippen LogP contribution in [0.1, 0.15) is 41.6 Å². The van der Waals surface area contributed by atoms with Gasteiger partial charge >= 0.3 is 0 Å². The number of nitrogens with one attached hydrogen (secondary N) is 2. The van der Waals surface area contributed by atoms with Crippen molar-refractivity contribution < 1.29 is 4.79 Å². The van der Waals surface area contributed by atoms with Crippen molar-refractivity contribution in [3.63, 3.8) is 0 Å². The molecule has 0 unspecified atom stereocenters. The fraction of sp³-hybridized carbons (Fsp3) is 0.467. The fourth-order valence-electron chi connectivity index (χ4n) is 2.48. The summed E-state index contributed by atoms with van der Waals surface area (Å²) >= 11 is 0. The fourth-order valence-corrected chi connectivity index (χ4v) is 2.48. The molecule has 1 fully saturated rings. The monoisotopic (exact) mass is 402 g/mol. The Morgan fingerprint density at radius 1 is 1.38 bits per heavy atom. The molecule has 0 aromatic heterocycles. The normalized spacial score (nSPS) is 15.4. The maximum absolute atomic E-state index is 11.1. The van der Waals surface area contributed by atoms with E-state index in [2.05, 4.69) is 15.6 Å². The first kappa shape index (κ1) is 17.7. The van der Waals surface area contributed by atoms with Gasteiger partial charge in [0.15, 0.2) is 5.96 Å². The molecule has 21 heavy (non-hydrogen) atoms. The molecule has 0 atom stereocenters. The smallest absolute Gasteiger partial charge is 0.248 e. The molecule has 5 nitrogen and oxygen atoms in total. The Hall–Kier alpha value is -1.31. The molecule has 1 aliphatic rings. The molecule has 4 N–H and O–H groups in total. The van der Waals surface area contributed by atoms with Crippen LogP contribution in [0.5, 0.6) is 0 Å². The second-order valence-corrected chi connectivity index (χ2v) is 5.12. The summed E-state index contributed by atoms with van der Waals surface area (Å²) in [6.45, 7) is 0.619. The molecular weight excluding hydrogens is 379 g/mol. The van der Waals surface area contributed by atoms with Crippen LogP contribution >= 0.6 is 24.0 Å². The lowest BCUT2D eigenvalue weighted by Crippen LogP contribution is -2.41. The third kappa shape index (κ3) is 5.53. The van der Waals surface area contributed by atoms with Crippen molar-refractivity contribution in [2.75, 3.05) is 7.05 Å². The van der Waals surface area contributed by atoms with Crippen LogP contribution in [0.3, 0.4) is 0 Å². The summed E-state index contributed by atoms with van der Waals surface area (Å²) in [4.78, 5) is 15.4. The lowest BCUT2D eigenvalue weighted by atomic mass is 10.1. The van der Waals surface area contributed by atoms with Crippen LogP contribution in [0, 0.1) is 0 Å². The third-order valence-corrected chi connectivity index (χ3v) is 3.59. The number of carbonyl (C=O) groups excluding carboxylic acids is 1. The molecule has 0 aliphatic heterocycles. The molecule has 0 saturated heterocycles. The Bertz CT molecular complexity index is 498. The Balaban J connectivity index is 0.00000220. The standard InChI is InChI=1S/C15H22N4O.HI/c1-17-15(19-13-7-2-3-8-13)18-10-11-5-4-6-12(9-11)14(16)20;/h4-6,9,13H,2-3,7-8,10H2,1H3,(H2,16,20)(H2,17,18,19);1H. The summed E-state index contributed by atoms with van der Waals surface area (Å²) < 4.78 is 0. The van der Waals surface area contributed by atoms with Crippen LogP contribution in [0.25, 0.3) is 0 Å². The van der Waals surface area contributed by atoms with Gasteiger partial charge in [-0.1, -0.05) is 25.0 Å². The Morgan fingerprint density at radius 2 is 2.10 bits per heavy atom. The number of hydrogen-bond acceptors (Lipinski definition) is 2. The second kappa shape index (κ2) is 8.86. The summed E-state index contributed by atoms with van der Waals surface area (Å²) in [7, 11) is 1.77. The first-order chi connectivity index (χ1) is 9.69.